The van der Waals surface area contributed by atoms with Gasteiger partial charge < -0.3 is 5.73 Å². The van der Waals surface area contributed by atoms with Crippen molar-refractivity contribution in [3.63, 3.8) is 0 Å². The van der Waals surface area contributed by atoms with Gasteiger partial charge in [-0.25, -0.2) is 0 Å². The predicted octanol–water partition coefficient (Wildman–Crippen LogP) is 0.403. The number of hydrogen-bond donors (Lipinski definition) is 2. The smallest absolute Gasteiger partial charge is 0.243 e. The highest BCUT2D eigenvalue weighted by atomic mass is 32.1. The normalized spacial score (nSPS) is 21.4. The minimum atomic E-state index is -0.367. The van der Waals surface area contributed by atoms with E-state index in [1.54, 1.807) is 11.8 Å². The summed E-state index contributed by atoms with van der Waals surface area (Å²) in [4.78, 5) is 25.3. The Morgan fingerprint density at radius 1 is 1.45 bits per heavy atom. The van der Waals surface area contributed by atoms with Gasteiger partial charge in [0.2, 0.25) is 11.8 Å². The van der Waals surface area contributed by atoms with Crippen molar-refractivity contribution in [1.29, 1.82) is 0 Å². The van der Waals surface area contributed by atoms with Crippen molar-refractivity contribution in [2.75, 3.05) is 13.1 Å². The number of hydrogen-bond acceptors (Lipinski definition) is 4. The average molecular weight is 291 g/mol. The minimum absolute atomic E-state index is 0.174. The predicted molar refractivity (Wildman–Crippen MR) is 80.2 cm³/mol. The number of amides is 2. The highest BCUT2D eigenvalue weighted by Gasteiger charge is 2.32. The molecule has 2 rings (SSSR count). The van der Waals surface area contributed by atoms with Crippen LogP contribution in [0.5, 0.6) is 0 Å². The van der Waals surface area contributed by atoms with Crippen LogP contribution in [0.1, 0.15) is 18.4 Å². The summed E-state index contributed by atoms with van der Waals surface area (Å²) in [5, 5.41) is 2.32. The highest BCUT2D eigenvalue weighted by Crippen LogP contribution is 2.19. The van der Waals surface area contributed by atoms with E-state index >= 15 is 0 Å². The molecule has 2 amide bonds. The SMILES string of the molecule is CC1C(=O)NC(=O)CN1CC(C(N)=S)c1ccccc1. The lowest BCUT2D eigenvalue weighted by molar-refractivity contribution is -0.139. The third-order valence-corrected chi connectivity index (χ3v) is 3.78. The van der Waals surface area contributed by atoms with Crippen molar-refractivity contribution in [2.45, 2.75) is 18.9 Å². The number of carbonyl (C=O) groups excluding carboxylic acids is 2. The van der Waals surface area contributed by atoms with Crippen LogP contribution in [0.3, 0.4) is 0 Å². The van der Waals surface area contributed by atoms with E-state index < -0.39 is 0 Å². The second-order valence-corrected chi connectivity index (χ2v) is 5.35. The fraction of sp³-hybridized carbons (Fsp3) is 0.357. The summed E-state index contributed by atoms with van der Waals surface area (Å²) in [6.45, 7) is 2.40. The molecule has 0 aromatic heterocycles. The molecule has 0 bridgehead atoms. The molecule has 1 aliphatic heterocycles. The summed E-state index contributed by atoms with van der Waals surface area (Å²) in [5.41, 5.74) is 6.81. The number of carbonyl (C=O) groups is 2. The largest absolute Gasteiger partial charge is 0.393 e. The van der Waals surface area contributed by atoms with E-state index in [1.807, 2.05) is 30.3 Å². The zero-order valence-electron chi connectivity index (χ0n) is 11.2. The van der Waals surface area contributed by atoms with Crippen molar-refractivity contribution in [3.05, 3.63) is 35.9 Å². The molecule has 1 fully saturated rings. The van der Waals surface area contributed by atoms with Gasteiger partial charge in [0.1, 0.15) is 0 Å². The molecule has 3 N–H and O–H groups in total. The average Bonchev–Trinajstić information content (AvgIpc) is 2.41. The zero-order chi connectivity index (χ0) is 14.7. The van der Waals surface area contributed by atoms with Crippen LogP contribution in [0.2, 0.25) is 0 Å². The van der Waals surface area contributed by atoms with Gasteiger partial charge in [-0.2, -0.15) is 0 Å². The first-order valence-corrected chi connectivity index (χ1v) is 6.82. The third kappa shape index (κ3) is 3.20. The Labute approximate surface area is 123 Å². The molecule has 2 atom stereocenters. The molecule has 1 saturated heterocycles. The van der Waals surface area contributed by atoms with Gasteiger partial charge in [-0.15, -0.1) is 0 Å². The maximum atomic E-state index is 11.7. The molecule has 6 heteroatoms. The molecule has 0 aliphatic carbocycles. The van der Waals surface area contributed by atoms with Gasteiger partial charge in [0.15, 0.2) is 0 Å². The van der Waals surface area contributed by atoms with Crippen molar-refractivity contribution in [3.8, 4) is 0 Å². The summed E-state index contributed by atoms with van der Waals surface area (Å²) in [6, 6.07) is 9.27. The Hall–Kier alpha value is -1.79. The first kappa shape index (κ1) is 14.6. The van der Waals surface area contributed by atoms with Crippen molar-refractivity contribution < 1.29 is 9.59 Å². The second kappa shape index (κ2) is 6.11. The monoisotopic (exact) mass is 291 g/mol. The molecule has 1 heterocycles. The lowest BCUT2D eigenvalue weighted by Crippen LogP contribution is -2.58. The molecule has 106 valence electrons. The van der Waals surface area contributed by atoms with E-state index in [0.717, 1.165) is 5.56 Å². The van der Waals surface area contributed by atoms with Crippen LogP contribution < -0.4 is 11.1 Å². The lowest BCUT2D eigenvalue weighted by atomic mass is 9.97. The standard InChI is InChI=1S/C14H17N3O2S/c1-9-14(19)16-12(18)8-17(9)7-11(13(15)20)10-5-3-2-4-6-10/h2-6,9,11H,7-8H2,1H3,(H2,15,20)(H,16,18,19). The number of benzene rings is 1. The number of thiocarbonyl (C=S) groups is 1. The van der Waals surface area contributed by atoms with Crippen molar-refractivity contribution in [2.24, 2.45) is 5.73 Å². The molecular weight excluding hydrogens is 274 g/mol. The van der Waals surface area contributed by atoms with E-state index in [4.69, 9.17) is 18.0 Å². The minimum Gasteiger partial charge on any atom is -0.393 e. The lowest BCUT2D eigenvalue weighted by Gasteiger charge is -2.34. The van der Waals surface area contributed by atoms with E-state index in [1.165, 1.54) is 0 Å². The topological polar surface area (TPSA) is 75.4 Å². The van der Waals surface area contributed by atoms with Gasteiger partial charge in [-0.05, 0) is 12.5 Å². The molecule has 0 radical (unpaired) electrons. The first-order chi connectivity index (χ1) is 9.49. The van der Waals surface area contributed by atoms with Gasteiger partial charge >= 0.3 is 0 Å². The maximum Gasteiger partial charge on any atom is 0.243 e. The van der Waals surface area contributed by atoms with Crippen molar-refractivity contribution >= 4 is 29.0 Å². The fourth-order valence-corrected chi connectivity index (χ4v) is 2.48. The van der Waals surface area contributed by atoms with E-state index in [9.17, 15) is 9.59 Å². The van der Waals surface area contributed by atoms with E-state index in [-0.39, 0.29) is 30.3 Å². The summed E-state index contributed by atoms with van der Waals surface area (Å²) in [6.07, 6.45) is 0. The molecular formula is C14H17N3O2S. The van der Waals surface area contributed by atoms with Gasteiger partial charge in [0.25, 0.3) is 0 Å². The van der Waals surface area contributed by atoms with Gasteiger partial charge in [0, 0.05) is 12.5 Å². The Bertz CT molecular complexity index is 532. The Morgan fingerprint density at radius 3 is 2.70 bits per heavy atom. The summed E-state index contributed by atoms with van der Waals surface area (Å²) < 4.78 is 0. The maximum absolute atomic E-state index is 11.7. The quantitative estimate of drug-likeness (QED) is 0.620. The number of imide groups is 1. The first-order valence-electron chi connectivity index (χ1n) is 6.41. The number of nitrogens with two attached hydrogens (primary N) is 1. The van der Waals surface area contributed by atoms with Gasteiger partial charge in [0.05, 0.1) is 17.6 Å². The molecule has 5 nitrogen and oxygen atoms in total. The van der Waals surface area contributed by atoms with E-state index in [2.05, 4.69) is 5.32 Å². The Kier molecular flexibility index (Phi) is 4.46. The van der Waals surface area contributed by atoms with E-state index in [0.29, 0.717) is 11.5 Å². The van der Waals surface area contributed by atoms with Crippen LogP contribution >= 0.6 is 12.2 Å². The Balaban J connectivity index is 2.18. The molecule has 1 aliphatic rings. The second-order valence-electron chi connectivity index (χ2n) is 4.88. The fourth-order valence-electron chi connectivity index (χ4n) is 2.27. The van der Waals surface area contributed by atoms with Crippen LogP contribution in [0.4, 0.5) is 0 Å². The third-order valence-electron chi connectivity index (χ3n) is 3.50. The van der Waals surface area contributed by atoms with Crippen LogP contribution in [-0.4, -0.2) is 40.8 Å². The van der Waals surface area contributed by atoms with Gasteiger partial charge in [-0.3, -0.25) is 19.8 Å². The molecule has 1 aromatic carbocycles. The molecule has 1 aromatic rings. The van der Waals surface area contributed by atoms with Crippen molar-refractivity contribution in [1.82, 2.24) is 10.2 Å². The van der Waals surface area contributed by atoms with Crippen LogP contribution in [0, 0.1) is 0 Å². The Morgan fingerprint density at radius 2 is 2.10 bits per heavy atom. The molecule has 20 heavy (non-hydrogen) atoms. The van der Waals surface area contributed by atoms with Crippen LogP contribution in [0.25, 0.3) is 0 Å². The number of rotatable bonds is 4. The van der Waals surface area contributed by atoms with Gasteiger partial charge in [-0.1, -0.05) is 42.5 Å². The van der Waals surface area contributed by atoms with Crippen LogP contribution in [-0.2, 0) is 9.59 Å². The number of piperazine rings is 1. The molecule has 2 unspecified atom stereocenters. The number of nitrogens with one attached hydrogen (secondary N) is 1. The summed E-state index contributed by atoms with van der Waals surface area (Å²) in [5.74, 6) is -0.744. The summed E-state index contributed by atoms with van der Waals surface area (Å²) >= 11 is 5.13. The molecule has 0 saturated carbocycles. The number of nitrogens with zero attached hydrogens (tertiary/aromatic N) is 1. The summed E-state index contributed by atoms with van der Waals surface area (Å²) in [7, 11) is 0. The highest BCUT2D eigenvalue weighted by molar-refractivity contribution is 7.80. The molecule has 0 spiro atoms. The zero-order valence-corrected chi connectivity index (χ0v) is 12.0. The van der Waals surface area contributed by atoms with Crippen LogP contribution in [0.15, 0.2) is 30.3 Å².